The van der Waals surface area contributed by atoms with Gasteiger partial charge in [0.15, 0.2) is 8.07 Å². The number of para-hydroxylation sites is 1. The molecule has 10 aromatic carbocycles. The first kappa shape index (κ1) is 38.0. The van der Waals surface area contributed by atoms with Gasteiger partial charge in [0, 0.05) is 16.3 Å². The Hall–Kier alpha value is -7.72. The highest BCUT2D eigenvalue weighted by molar-refractivity contribution is 7.20. The predicted molar refractivity (Wildman–Crippen MR) is 274 cm³/mol. The Balaban J connectivity index is 1.12. The molecular weight excluding hydrogens is 788 g/mol. The zero-order chi connectivity index (χ0) is 42.5. The van der Waals surface area contributed by atoms with E-state index in [-0.39, 0.29) is 6.71 Å². The van der Waals surface area contributed by atoms with Crippen molar-refractivity contribution in [3.8, 4) is 33.4 Å². The number of hydrogen-bond donors (Lipinski definition) is 0. The first-order valence-corrected chi connectivity index (χ1v) is 24.3. The number of benzene rings is 10. The summed E-state index contributed by atoms with van der Waals surface area (Å²) in [6, 6.07) is 92.1. The molecule has 0 unspecified atom stereocenters. The van der Waals surface area contributed by atoms with Gasteiger partial charge in [-0.25, -0.2) is 0 Å². The molecular formula is C61H43BOSi. The summed E-state index contributed by atoms with van der Waals surface area (Å²) in [6.45, 7) is 0.0457. The Morgan fingerprint density at radius 3 is 1.33 bits per heavy atom. The lowest BCUT2D eigenvalue weighted by molar-refractivity contribution is 0.670. The van der Waals surface area contributed by atoms with Crippen LogP contribution in [0.15, 0.2) is 253 Å². The maximum Gasteiger partial charge on any atom is 0.243 e. The van der Waals surface area contributed by atoms with Crippen LogP contribution in [0, 0.1) is 0 Å². The molecule has 3 heteroatoms. The van der Waals surface area contributed by atoms with Gasteiger partial charge in [-0.05, 0) is 84.3 Å². The van der Waals surface area contributed by atoms with E-state index in [1.165, 1.54) is 70.5 Å². The van der Waals surface area contributed by atoms with E-state index in [1.54, 1.807) is 0 Å². The predicted octanol–water partition coefficient (Wildman–Crippen LogP) is 10.4. The number of hydrogen-bond acceptors (Lipinski definition) is 1. The fourth-order valence-corrected chi connectivity index (χ4v) is 15.6. The molecule has 1 aliphatic heterocycles. The fraction of sp³-hybridized carbons (Fsp3) is 0.0164. The smallest absolute Gasteiger partial charge is 0.243 e. The van der Waals surface area contributed by atoms with Crippen LogP contribution in [0.3, 0.4) is 0 Å². The van der Waals surface area contributed by atoms with Gasteiger partial charge >= 0.3 is 0 Å². The molecule has 0 aliphatic carbocycles. The lowest BCUT2D eigenvalue weighted by Crippen LogP contribution is -2.74. The zero-order valence-corrected chi connectivity index (χ0v) is 36.4. The Morgan fingerprint density at radius 1 is 0.344 bits per heavy atom. The SMILES string of the molecule is c1ccc(-c2cc(-c3cccc4c3oc3ccc([Si](c5ccccc5)(c5ccccc5)c5ccccc5)cc34)cc(-c3ccccc3)c2B2c3ccccc3Cc3ccccc32)cc1. The van der Waals surface area contributed by atoms with Crippen molar-refractivity contribution in [1.82, 2.24) is 0 Å². The molecule has 0 spiro atoms. The highest BCUT2D eigenvalue weighted by Crippen LogP contribution is 2.39. The van der Waals surface area contributed by atoms with Gasteiger partial charge in [-0.3, -0.25) is 0 Å². The van der Waals surface area contributed by atoms with Crippen molar-refractivity contribution in [3.63, 3.8) is 0 Å². The largest absolute Gasteiger partial charge is 0.455 e. The van der Waals surface area contributed by atoms with E-state index in [4.69, 9.17) is 4.42 Å². The summed E-state index contributed by atoms with van der Waals surface area (Å²) in [5.41, 5.74) is 15.7. The van der Waals surface area contributed by atoms with Crippen molar-refractivity contribution >= 4 is 73.9 Å². The van der Waals surface area contributed by atoms with Gasteiger partial charge < -0.3 is 4.42 Å². The monoisotopic (exact) mass is 830 g/mol. The van der Waals surface area contributed by atoms with E-state index in [2.05, 4.69) is 249 Å². The highest BCUT2D eigenvalue weighted by atomic mass is 28.3. The van der Waals surface area contributed by atoms with Crippen LogP contribution in [0.2, 0.25) is 0 Å². The van der Waals surface area contributed by atoms with Crippen LogP contribution in [-0.2, 0) is 6.42 Å². The molecule has 0 saturated heterocycles. The molecule has 0 N–H and O–H groups in total. The van der Waals surface area contributed by atoms with Crippen LogP contribution in [0.25, 0.3) is 55.3 Å². The zero-order valence-electron chi connectivity index (χ0n) is 35.4. The van der Waals surface area contributed by atoms with Gasteiger partial charge in [0.25, 0.3) is 0 Å². The van der Waals surface area contributed by atoms with Crippen LogP contribution in [0.5, 0.6) is 0 Å². The van der Waals surface area contributed by atoms with E-state index in [0.29, 0.717) is 0 Å². The normalized spacial score (nSPS) is 12.3. The Kier molecular flexibility index (Phi) is 9.43. The summed E-state index contributed by atoms with van der Waals surface area (Å²) < 4.78 is 7.07. The van der Waals surface area contributed by atoms with Crippen LogP contribution in [0.4, 0.5) is 0 Å². The third-order valence-corrected chi connectivity index (χ3v) is 18.4. The van der Waals surface area contributed by atoms with E-state index in [0.717, 1.165) is 39.5 Å². The van der Waals surface area contributed by atoms with Crippen LogP contribution >= 0.6 is 0 Å². The minimum absolute atomic E-state index is 0.0457. The van der Waals surface area contributed by atoms with E-state index in [1.807, 2.05) is 0 Å². The third-order valence-electron chi connectivity index (χ3n) is 13.6. The van der Waals surface area contributed by atoms with Crippen molar-refractivity contribution in [2.45, 2.75) is 6.42 Å². The summed E-state index contributed by atoms with van der Waals surface area (Å²) in [7, 11) is -2.76. The fourth-order valence-electron chi connectivity index (χ4n) is 10.8. The van der Waals surface area contributed by atoms with Crippen molar-refractivity contribution in [3.05, 3.63) is 260 Å². The van der Waals surface area contributed by atoms with Crippen LogP contribution in [0.1, 0.15) is 11.1 Å². The number of furan rings is 1. The molecule has 2 heterocycles. The minimum atomic E-state index is -2.76. The Labute approximate surface area is 376 Å². The van der Waals surface area contributed by atoms with Crippen molar-refractivity contribution in [2.75, 3.05) is 0 Å². The number of fused-ring (bicyclic) bond motifs is 5. The number of rotatable bonds is 8. The second kappa shape index (κ2) is 15.9. The summed E-state index contributed by atoms with van der Waals surface area (Å²) in [5, 5.41) is 7.63. The molecule has 12 rings (SSSR count). The molecule has 1 aromatic heterocycles. The molecule has 0 fully saturated rings. The molecule has 300 valence electrons. The molecule has 0 radical (unpaired) electrons. The van der Waals surface area contributed by atoms with E-state index >= 15 is 0 Å². The molecule has 64 heavy (non-hydrogen) atoms. The molecule has 11 aromatic rings. The molecule has 1 aliphatic rings. The van der Waals surface area contributed by atoms with Crippen molar-refractivity contribution < 1.29 is 4.42 Å². The van der Waals surface area contributed by atoms with Gasteiger partial charge in [-0.15, -0.1) is 0 Å². The van der Waals surface area contributed by atoms with E-state index < -0.39 is 8.07 Å². The second-order valence-corrected chi connectivity index (χ2v) is 20.9. The third kappa shape index (κ3) is 6.23. The molecule has 1 nitrogen and oxygen atoms in total. The summed E-state index contributed by atoms with van der Waals surface area (Å²) in [5.74, 6) is 0. The second-order valence-electron chi connectivity index (χ2n) is 17.1. The van der Waals surface area contributed by atoms with Gasteiger partial charge in [0.1, 0.15) is 11.2 Å². The molecule has 0 atom stereocenters. The Bertz CT molecular complexity index is 3250. The van der Waals surface area contributed by atoms with Gasteiger partial charge in [0.2, 0.25) is 6.71 Å². The maximum atomic E-state index is 7.07. The lowest BCUT2D eigenvalue weighted by atomic mass is 9.32. The standard InChI is InChI=1S/C61H43BOSi/c1-6-21-43(22-7-1)54-40-47(41-55(44-23-8-2-9-24-44)60(54)62-57-35-18-16-25-45(57)39-46-26-17-19-36-58(46)62)52-33-20-34-53-56-42-51(37-38-59(56)63-61(52)53)64(48-27-10-3-11-28-48,49-29-12-4-13-30-49)50-31-14-5-15-32-50/h1-38,40-42H,39H2. The molecule has 0 bridgehead atoms. The van der Waals surface area contributed by atoms with Gasteiger partial charge in [-0.2, -0.15) is 0 Å². The summed E-state index contributed by atoms with van der Waals surface area (Å²) in [4.78, 5) is 0. The van der Waals surface area contributed by atoms with Crippen molar-refractivity contribution in [1.29, 1.82) is 0 Å². The summed E-state index contributed by atoms with van der Waals surface area (Å²) in [6.07, 6.45) is 0.934. The van der Waals surface area contributed by atoms with Crippen molar-refractivity contribution in [2.24, 2.45) is 0 Å². The first-order valence-electron chi connectivity index (χ1n) is 22.3. The van der Waals surface area contributed by atoms with Crippen LogP contribution < -0.4 is 37.1 Å². The van der Waals surface area contributed by atoms with Gasteiger partial charge in [-0.1, -0.05) is 247 Å². The summed E-state index contributed by atoms with van der Waals surface area (Å²) >= 11 is 0. The topological polar surface area (TPSA) is 13.1 Å². The van der Waals surface area contributed by atoms with E-state index in [9.17, 15) is 0 Å². The maximum absolute atomic E-state index is 7.07. The average Bonchev–Trinajstić information content (AvgIpc) is 3.75. The quantitative estimate of drug-likeness (QED) is 0.110. The highest BCUT2D eigenvalue weighted by Gasteiger charge is 2.42. The van der Waals surface area contributed by atoms with Crippen LogP contribution in [-0.4, -0.2) is 14.8 Å². The lowest BCUT2D eigenvalue weighted by Gasteiger charge is -2.34. The molecule has 0 saturated carbocycles. The Morgan fingerprint density at radius 2 is 0.812 bits per heavy atom. The minimum Gasteiger partial charge on any atom is -0.455 e. The first-order chi connectivity index (χ1) is 31.8. The average molecular weight is 831 g/mol. The van der Waals surface area contributed by atoms with Gasteiger partial charge in [0.05, 0.1) is 0 Å². The molecule has 0 amide bonds.